The van der Waals surface area contributed by atoms with Crippen molar-refractivity contribution >= 4 is 41.7 Å². The molecule has 2 N–H and O–H groups in total. The molecule has 25 heavy (non-hydrogen) atoms. The van der Waals surface area contributed by atoms with Gasteiger partial charge in [0.1, 0.15) is 12.9 Å². The second-order valence-electron chi connectivity index (χ2n) is 5.66. The van der Waals surface area contributed by atoms with Crippen molar-refractivity contribution in [2.24, 2.45) is 4.99 Å². The van der Waals surface area contributed by atoms with Crippen molar-refractivity contribution in [3.63, 3.8) is 0 Å². The third-order valence-electron chi connectivity index (χ3n) is 3.90. The molecule has 6 nitrogen and oxygen atoms in total. The van der Waals surface area contributed by atoms with Crippen molar-refractivity contribution in [3.05, 3.63) is 42.5 Å². The normalized spacial score (nSPS) is 17.2. The van der Waals surface area contributed by atoms with Crippen LogP contribution >= 0.6 is 35.7 Å². The van der Waals surface area contributed by atoms with E-state index >= 15 is 0 Å². The third-order valence-corrected chi connectivity index (χ3v) is 5.29. The zero-order valence-electron chi connectivity index (χ0n) is 14.4. The summed E-state index contributed by atoms with van der Waals surface area (Å²) in [6, 6.07) is 10.1. The van der Waals surface area contributed by atoms with E-state index < -0.39 is 0 Å². The average molecular weight is 472 g/mol. The van der Waals surface area contributed by atoms with Gasteiger partial charge in [-0.1, -0.05) is 18.2 Å². The molecule has 2 aromatic rings. The molecule has 0 saturated carbocycles. The number of rotatable bonds is 6. The van der Waals surface area contributed by atoms with Crippen LogP contribution in [0.15, 0.2) is 41.7 Å². The van der Waals surface area contributed by atoms with Crippen LogP contribution in [0.4, 0.5) is 0 Å². The topological polar surface area (TPSA) is 67.1 Å². The Balaban J connectivity index is 0.00000225. The number of nitrogens with one attached hydrogen (secondary N) is 2. The Hall–Kier alpha value is -1.29. The van der Waals surface area contributed by atoms with Crippen molar-refractivity contribution in [1.29, 1.82) is 0 Å². The summed E-state index contributed by atoms with van der Waals surface area (Å²) >= 11 is 2.05. The highest BCUT2D eigenvalue weighted by atomic mass is 127. The van der Waals surface area contributed by atoms with Gasteiger partial charge in [-0.3, -0.25) is 4.57 Å². The number of aliphatic imine (C=N–C) groups is 1. The molecular formula is C17H25IN6S. The van der Waals surface area contributed by atoms with E-state index in [9.17, 15) is 0 Å². The van der Waals surface area contributed by atoms with E-state index in [4.69, 9.17) is 0 Å². The Morgan fingerprint density at radius 2 is 2.16 bits per heavy atom. The number of nitrogens with zero attached hydrogens (tertiary/aromatic N) is 4. The summed E-state index contributed by atoms with van der Waals surface area (Å²) in [5.41, 5.74) is 1.05. The molecule has 1 unspecified atom stereocenters. The first-order valence-electron chi connectivity index (χ1n) is 8.45. The third kappa shape index (κ3) is 5.88. The monoisotopic (exact) mass is 472 g/mol. The minimum absolute atomic E-state index is 0. The molecule has 1 aromatic carbocycles. The van der Waals surface area contributed by atoms with E-state index in [0.29, 0.717) is 11.8 Å². The van der Waals surface area contributed by atoms with E-state index in [1.807, 2.05) is 46.7 Å². The summed E-state index contributed by atoms with van der Waals surface area (Å²) in [4.78, 5) is 4.66. The average Bonchev–Trinajstić information content (AvgIpc) is 3.29. The van der Waals surface area contributed by atoms with Crippen LogP contribution in [0.1, 0.15) is 25.6 Å². The van der Waals surface area contributed by atoms with Crippen LogP contribution in [0.2, 0.25) is 0 Å². The maximum Gasteiger partial charge on any atom is 0.191 e. The molecule has 1 aliphatic rings. The van der Waals surface area contributed by atoms with E-state index in [-0.39, 0.29) is 24.0 Å². The summed E-state index contributed by atoms with van der Waals surface area (Å²) in [5.74, 6) is 2.95. The largest absolute Gasteiger partial charge is 0.357 e. The highest BCUT2D eigenvalue weighted by molar-refractivity contribution is 14.0. The quantitative estimate of drug-likeness (QED) is 0.385. The van der Waals surface area contributed by atoms with Crippen LogP contribution in [0.25, 0.3) is 5.69 Å². The molecule has 0 radical (unpaired) electrons. The lowest BCUT2D eigenvalue weighted by Gasteiger charge is -2.14. The molecule has 8 heteroatoms. The molecule has 0 bridgehead atoms. The molecular weight excluding hydrogens is 447 g/mol. The van der Waals surface area contributed by atoms with Gasteiger partial charge in [-0.25, -0.2) is 4.99 Å². The second kappa shape index (κ2) is 10.6. The van der Waals surface area contributed by atoms with Gasteiger partial charge in [-0.2, -0.15) is 11.8 Å². The number of guanidine groups is 1. The predicted molar refractivity (Wildman–Crippen MR) is 115 cm³/mol. The fourth-order valence-electron chi connectivity index (χ4n) is 2.68. The molecule has 1 fully saturated rings. The van der Waals surface area contributed by atoms with Crippen LogP contribution < -0.4 is 10.6 Å². The highest BCUT2D eigenvalue weighted by Gasteiger charge is 2.15. The lowest BCUT2D eigenvalue weighted by Crippen LogP contribution is -2.40. The summed E-state index contributed by atoms with van der Waals surface area (Å²) in [5, 5.41) is 15.7. The Morgan fingerprint density at radius 1 is 1.32 bits per heavy atom. The van der Waals surface area contributed by atoms with E-state index in [1.54, 1.807) is 6.33 Å². The van der Waals surface area contributed by atoms with Gasteiger partial charge in [0, 0.05) is 24.0 Å². The van der Waals surface area contributed by atoms with Crippen molar-refractivity contribution in [1.82, 2.24) is 25.4 Å². The maximum absolute atomic E-state index is 4.66. The summed E-state index contributed by atoms with van der Waals surface area (Å²) in [6.45, 7) is 4.37. The van der Waals surface area contributed by atoms with Gasteiger partial charge in [0.25, 0.3) is 0 Å². The SMILES string of the molecule is CCNC(=NCc1nncn1-c1ccccc1)NCC1CCCS1.I. The van der Waals surface area contributed by atoms with Crippen LogP contribution in [-0.2, 0) is 6.54 Å². The summed E-state index contributed by atoms with van der Waals surface area (Å²) in [7, 11) is 0. The first-order chi connectivity index (χ1) is 11.9. The highest BCUT2D eigenvalue weighted by Crippen LogP contribution is 2.25. The molecule has 1 saturated heterocycles. The molecule has 0 amide bonds. The Morgan fingerprint density at radius 3 is 2.88 bits per heavy atom. The van der Waals surface area contributed by atoms with Gasteiger partial charge in [0.05, 0.1) is 0 Å². The zero-order valence-corrected chi connectivity index (χ0v) is 17.5. The van der Waals surface area contributed by atoms with Crippen molar-refractivity contribution in [2.75, 3.05) is 18.8 Å². The fourth-order valence-corrected chi connectivity index (χ4v) is 3.88. The molecule has 0 aliphatic carbocycles. The lowest BCUT2D eigenvalue weighted by molar-refractivity contribution is 0.724. The Kier molecular flexibility index (Phi) is 8.53. The lowest BCUT2D eigenvalue weighted by atomic mass is 10.2. The van der Waals surface area contributed by atoms with Crippen molar-refractivity contribution in [3.8, 4) is 5.69 Å². The van der Waals surface area contributed by atoms with Gasteiger partial charge < -0.3 is 10.6 Å². The summed E-state index contributed by atoms with van der Waals surface area (Å²) < 4.78 is 1.97. The Bertz CT molecular complexity index is 654. The number of para-hydroxylation sites is 1. The van der Waals surface area contributed by atoms with Gasteiger partial charge in [0.15, 0.2) is 11.8 Å². The fraction of sp³-hybridized carbons (Fsp3) is 0.471. The zero-order chi connectivity index (χ0) is 16.6. The van der Waals surface area contributed by atoms with Crippen LogP contribution in [-0.4, -0.2) is 44.8 Å². The molecule has 1 aliphatic heterocycles. The first kappa shape index (κ1) is 20.0. The van der Waals surface area contributed by atoms with E-state index in [0.717, 1.165) is 30.6 Å². The molecule has 136 valence electrons. The smallest absolute Gasteiger partial charge is 0.191 e. The number of benzene rings is 1. The van der Waals surface area contributed by atoms with Crippen molar-refractivity contribution < 1.29 is 0 Å². The number of thioether (sulfide) groups is 1. The minimum Gasteiger partial charge on any atom is -0.357 e. The number of halogens is 1. The van der Waals surface area contributed by atoms with Gasteiger partial charge >= 0.3 is 0 Å². The number of hydrogen-bond acceptors (Lipinski definition) is 4. The van der Waals surface area contributed by atoms with Crippen LogP contribution in [0, 0.1) is 0 Å². The van der Waals surface area contributed by atoms with Gasteiger partial charge in [0.2, 0.25) is 0 Å². The molecule has 2 heterocycles. The summed E-state index contributed by atoms with van der Waals surface area (Å²) in [6.07, 6.45) is 4.35. The van der Waals surface area contributed by atoms with E-state index in [2.05, 4.69) is 32.7 Å². The molecule has 1 aromatic heterocycles. The van der Waals surface area contributed by atoms with Gasteiger partial charge in [-0.15, -0.1) is 34.2 Å². The number of aromatic nitrogens is 3. The van der Waals surface area contributed by atoms with E-state index in [1.165, 1.54) is 18.6 Å². The Labute approximate surface area is 170 Å². The molecule has 0 spiro atoms. The van der Waals surface area contributed by atoms with Crippen LogP contribution in [0.3, 0.4) is 0 Å². The molecule has 1 atom stereocenters. The molecule has 3 rings (SSSR count). The predicted octanol–water partition coefficient (Wildman–Crippen LogP) is 2.84. The maximum atomic E-state index is 4.66. The minimum atomic E-state index is 0. The number of hydrogen-bond donors (Lipinski definition) is 2. The van der Waals surface area contributed by atoms with Crippen LogP contribution in [0.5, 0.6) is 0 Å². The standard InChI is InChI=1S/C17H24N6S.HI/c1-2-18-17(19-11-15-9-6-10-24-15)20-12-16-22-21-13-23(16)14-7-4-3-5-8-14;/h3-5,7-8,13,15H,2,6,9-12H2,1H3,(H2,18,19,20);1H. The first-order valence-corrected chi connectivity index (χ1v) is 9.50. The van der Waals surface area contributed by atoms with Crippen molar-refractivity contribution in [2.45, 2.75) is 31.6 Å². The van der Waals surface area contributed by atoms with Gasteiger partial charge in [-0.05, 0) is 37.7 Å². The second-order valence-corrected chi connectivity index (χ2v) is 7.07.